The summed E-state index contributed by atoms with van der Waals surface area (Å²) in [4.78, 5) is 11.3. The average Bonchev–Trinajstić information content (AvgIpc) is 2.58. The number of aliphatic hydroxyl groups is 1. The number of hydrogen-bond acceptors (Lipinski definition) is 3. The molecule has 0 aromatic rings. The predicted octanol–water partition coefficient (Wildman–Crippen LogP) is 5.72. The molecule has 1 N–H and O–H groups in total. The molecule has 1 atom stereocenters. The van der Waals surface area contributed by atoms with E-state index >= 15 is 0 Å². The van der Waals surface area contributed by atoms with Gasteiger partial charge in [0.2, 0.25) is 0 Å². The second kappa shape index (κ2) is 18.3. The Kier molecular flexibility index (Phi) is 17.4. The molecule has 0 aliphatic carbocycles. The van der Waals surface area contributed by atoms with Gasteiger partial charge in [-0.2, -0.15) is 0 Å². The molecule has 0 aliphatic heterocycles. The van der Waals surface area contributed by atoms with E-state index in [1.807, 2.05) is 0 Å². The summed E-state index contributed by atoms with van der Waals surface area (Å²) < 4.78 is 4.93. The molecule has 0 heterocycles. The molecular weight excluding hydrogens is 300 g/mol. The molecule has 0 saturated heterocycles. The largest absolute Gasteiger partial charge is 0.461 e. The smallest absolute Gasteiger partial charge is 0.306 e. The van der Waals surface area contributed by atoms with Crippen LogP contribution in [0.4, 0.5) is 0 Å². The van der Waals surface area contributed by atoms with E-state index in [-0.39, 0.29) is 12.1 Å². The first-order valence-electron chi connectivity index (χ1n) is 9.80. The van der Waals surface area contributed by atoms with E-state index in [0.717, 1.165) is 38.5 Å². The van der Waals surface area contributed by atoms with E-state index in [0.29, 0.717) is 13.0 Å². The molecule has 24 heavy (non-hydrogen) atoms. The fraction of sp³-hybridized carbons (Fsp3) is 0.762. The van der Waals surface area contributed by atoms with E-state index in [2.05, 4.69) is 25.7 Å². The number of aliphatic hydroxyl groups excluding tert-OH is 1. The van der Waals surface area contributed by atoms with Gasteiger partial charge in [-0.05, 0) is 32.1 Å². The number of ether oxygens (including phenoxy) is 1. The summed E-state index contributed by atoms with van der Waals surface area (Å²) in [5.74, 6) is -0.119. The van der Waals surface area contributed by atoms with E-state index in [4.69, 9.17) is 4.74 Å². The highest BCUT2D eigenvalue weighted by Crippen LogP contribution is 2.10. The highest BCUT2D eigenvalue weighted by atomic mass is 16.5. The van der Waals surface area contributed by atoms with Gasteiger partial charge in [0.1, 0.15) is 6.61 Å². The van der Waals surface area contributed by atoms with Crippen molar-refractivity contribution in [3.8, 4) is 0 Å². The highest BCUT2D eigenvalue weighted by Gasteiger charge is 2.01. The van der Waals surface area contributed by atoms with Gasteiger partial charge in [0, 0.05) is 6.42 Å². The van der Waals surface area contributed by atoms with Gasteiger partial charge in [0.05, 0.1) is 6.10 Å². The Labute approximate surface area is 149 Å². The zero-order valence-corrected chi connectivity index (χ0v) is 15.7. The van der Waals surface area contributed by atoms with E-state index in [1.54, 1.807) is 6.08 Å². The molecule has 3 nitrogen and oxygen atoms in total. The Balaban J connectivity index is 3.31. The fourth-order valence-electron chi connectivity index (χ4n) is 2.58. The fourth-order valence-corrected chi connectivity index (χ4v) is 2.58. The Morgan fingerprint density at radius 1 is 1.04 bits per heavy atom. The molecule has 0 saturated carbocycles. The summed E-state index contributed by atoms with van der Waals surface area (Å²) in [7, 11) is 0. The van der Waals surface area contributed by atoms with Crippen LogP contribution >= 0.6 is 0 Å². The first-order chi connectivity index (χ1) is 11.7. The van der Waals surface area contributed by atoms with Crippen molar-refractivity contribution in [3.63, 3.8) is 0 Å². The highest BCUT2D eigenvalue weighted by molar-refractivity contribution is 5.69. The van der Waals surface area contributed by atoms with Crippen molar-refractivity contribution in [1.82, 2.24) is 0 Å². The third kappa shape index (κ3) is 17.3. The molecule has 3 heteroatoms. The Morgan fingerprint density at radius 2 is 1.75 bits per heavy atom. The summed E-state index contributed by atoms with van der Waals surface area (Å²) in [6, 6.07) is 0. The van der Waals surface area contributed by atoms with E-state index < -0.39 is 0 Å². The van der Waals surface area contributed by atoms with Gasteiger partial charge < -0.3 is 9.84 Å². The van der Waals surface area contributed by atoms with Crippen LogP contribution in [-0.4, -0.2) is 23.8 Å². The molecule has 140 valence electrons. The monoisotopic (exact) mass is 338 g/mol. The van der Waals surface area contributed by atoms with Crippen molar-refractivity contribution in [3.05, 3.63) is 24.8 Å². The summed E-state index contributed by atoms with van der Waals surface area (Å²) in [5, 5.41) is 9.85. The van der Waals surface area contributed by atoms with Crippen LogP contribution in [0.15, 0.2) is 24.8 Å². The van der Waals surface area contributed by atoms with Gasteiger partial charge in [-0.15, -0.1) is 0 Å². The second-order valence-electron chi connectivity index (χ2n) is 6.49. The standard InChI is InChI=1S/C21H38O3/c1-3-5-6-13-16-20(22)17-14-11-9-7-8-10-12-15-18-21(23)24-19-4-2/h4,11,14,20,22H,2-3,5-10,12-13,15-19H2,1H3/t20-/m1/s1. The van der Waals surface area contributed by atoms with E-state index in [1.165, 1.54) is 38.5 Å². The molecular formula is C21H38O3. The third-order valence-electron chi connectivity index (χ3n) is 4.08. The lowest BCUT2D eigenvalue weighted by Crippen LogP contribution is -2.04. The summed E-state index contributed by atoms with van der Waals surface area (Å²) >= 11 is 0. The number of carbonyl (C=O) groups excluding carboxylic acids is 1. The molecule has 0 bridgehead atoms. The van der Waals surface area contributed by atoms with Gasteiger partial charge in [-0.3, -0.25) is 4.79 Å². The molecule has 0 fully saturated rings. The van der Waals surface area contributed by atoms with Crippen LogP contribution in [0.3, 0.4) is 0 Å². The zero-order valence-electron chi connectivity index (χ0n) is 15.7. The normalized spacial score (nSPS) is 12.4. The van der Waals surface area contributed by atoms with Crippen LogP contribution in [-0.2, 0) is 9.53 Å². The van der Waals surface area contributed by atoms with Crippen molar-refractivity contribution in [2.45, 2.75) is 96.5 Å². The first kappa shape index (κ1) is 22.9. The molecule has 0 radical (unpaired) electrons. The number of unbranched alkanes of at least 4 members (excludes halogenated alkanes) is 8. The number of allylic oxidation sites excluding steroid dienone is 1. The molecule has 0 aromatic heterocycles. The van der Waals surface area contributed by atoms with Gasteiger partial charge in [-0.25, -0.2) is 0 Å². The van der Waals surface area contributed by atoms with Crippen molar-refractivity contribution < 1.29 is 14.6 Å². The Bertz CT molecular complexity index is 323. The maximum atomic E-state index is 11.3. The molecule has 0 spiro atoms. The van der Waals surface area contributed by atoms with Crippen molar-refractivity contribution in [1.29, 1.82) is 0 Å². The maximum Gasteiger partial charge on any atom is 0.306 e. The quantitative estimate of drug-likeness (QED) is 0.209. The number of hydrogen-bond donors (Lipinski definition) is 1. The van der Waals surface area contributed by atoms with Crippen LogP contribution in [0.1, 0.15) is 90.4 Å². The average molecular weight is 339 g/mol. The van der Waals surface area contributed by atoms with Gasteiger partial charge in [0.25, 0.3) is 0 Å². The molecule has 0 rings (SSSR count). The molecule has 0 unspecified atom stereocenters. The van der Waals surface area contributed by atoms with Crippen LogP contribution < -0.4 is 0 Å². The Morgan fingerprint density at radius 3 is 2.50 bits per heavy atom. The molecule has 0 aromatic carbocycles. The van der Waals surface area contributed by atoms with Crippen LogP contribution in [0.5, 0.6) is 0 Å². The van der Waals surface area contributed by atoms with Crippen molar-refractivity contribution >= 4 is 5.97 Å². The lowest BCUT2D eigenvalue weighted by molar-refractivity contribution is -0.142. The van der Waals surface area contributed by atoms with Crippen LogP contribution in [0, 0.1) is 0 Å². The van der Waals surface area contributed by atoms with Gasteiger partial charge >= 0.3 is 5.97 Å². The van der Waals surface area contributed by atoms with Crippen molar-refractivity contribution in [2.24, 2.45) is 0 Å². The minimum atomic E-state index is -0.168. The zero-order chi connectivity index (χ0) is 17.9. The van der Waals surface area contributed by atoms with Crippen LogP contribution in [0.25, 0.3) is 0 Å². The van der Waals surface area contributed by atoms with Gasteiger partial charge in [0.15, 0.2) is 0 Å². The molecule has 0 aliphatic rings. The number of carbonyl (C=O) groups is 1. The summed E-state index contributed by atoms with van der Waals surface area (Å²) in [6.07, 6.45) is 19.5. The predicted molar refractivity (Wildman–Crippen MR) is 102 cm³/mol. The Hall–Kier alpha value is -1.09. The van der Waals surface area contributed by atoms with E-state index in [9.17, 15) is 9.90 Å². The minimum absolute atomic E-state index is 0.119. The minimum Gasteiger partial charge on any atom is -0.461 e. The lowest BCUT2D eigenvalue weighted by Gasteiger charge is -2.07. The van der Waals surface area contributed by atoms with Gasteiger partial charge in [-0.1, -0.05) is 76.7 Å². The number of esters is 1. The lowest BCUT2D eigenvalue weighted by atomic mass is 10.1. The number of rotatable bonds is 17. The third-order valence-corrected chi connectivity index (χ3v) is 4.08. The summed E-state index contributed by atoms with van der Waals surface area (Å²) in [6.45, 7) is 6.04. The summed E-state index contributed by atoms with van der Waals surface area (Å²) in [5.41, 5.74) is 0. The maximum absolute atomic E-state index is 11.3. The first-order valence-corrected chi connectivity index (χ1v) is 9.80. The molecule has 0 amide bonds. The SMILES string of the molecule is C=CCOC(=O)CCCCCCCC=CC[C@H](O)CCCCCC. The topological polar surface area (TPSA) is 46.5 Å². The van der Waals surface area contributed by atoms with Crippen molar-refractivity contribution in [2.75, 3.05) is 6.61 Å². The van der Waals surface area contributed by atoms with Crippen LogP contribution in [0.2, 0.25) is 0 Å². The second-order valence-corrected chi connectivity index (χ2v) is 6.49.